The SMILES string of the molecule is CCCC(O)(CC)C(CN(C)C)c1ccc(C)cc1. The highest BCUT2D eigenvalue weighted by atomic mass is 16.3. The van der Waals surface area contributed by atoms with Gasteiger partial charge >= 0.3 is 0 Å². The predicted octanol–water partition coefficient (Wildman–Crippen LogP) is 3.58. The second kappa shape index (κ2) is 7.06. The van der Waals surface area contributed by atoms with Crippen molar-refractivity contribution in [1.29, 1.82) is 0 Å². The minimum absolute atomic E-state index is 0.174. The van der Waals surface area contributed by atoms with Crippen LogP contribution in [0.15, 0.2) is 24.3 Å². The standard InChI is InChI=1S/C17H29NO/c1-6-12-17(19,7-2)16(13-18(4)5)15-10-8-14(3)9-11-15/h8-11,16,19H,6-7,12-13H2,1-5H3. The molecule has 0 heterocycles. The monoisotopic (exact) mass is 263 g/mol. The molecule has 1 aromatic rings. The molecule has 2 nitrogen and oxygen atoms in total. The Balaban J connectivity index is 3.08. The van der Waals surface area contributed by atoms with Gasteiger partial charge in [0.1, 0.15) is 0 Å². The zero-order valence-electron chi connectivity index (χ0n) is 13.1. The Labute approximate surface area is 118 Å². The molecule has 1 N–H and O–H groups in total. The predicted molar refractivity (Wildman–Crippen MR) is 82.6 cm³/mol. The molecule has 0 saturated heterocycles. The van der Waals surface area contributed by atoms with Crippen LogP contribution in [0.3, 0.4) is 0 Å². The fourth-order valence-electron chi connectivity index (χ4n) is 2.78. The van der Waals surface area contributed by atoms with Gasteiger partial charge in [0.15, 0.2) is 0 Å². The van der Waals surface area contributed by atoms with Crippen molar-refractivity contribution in [2.45, 2.75) is 51.6 Å². The van der Waals surface area contributed by atoms with Gasteiger partial charge in [-0.3, -0.25) is 0 Å². The van der Waals surface area contributed by atoms with Crippen LogP contribution in [-0.4, -0.2) is 36.2 Å². The van der Waals surface area contributed by atoms with Gasteiger partial charge in [0.05, 0.1) is 5.60 Å². The lowest BCUT2D eigenvalue weighted by Crippen LogP contribution is -2.40. The molecule has 2 unspecified atom stereocenters. The summed E-state index contributed by atoms with van der Waals surface area (Å²) in [5.41, 5.74) is 1.91. The fourth-order valence-corrected chi connectivity index (χ4v) is 2.78. The van der Waals surface area contributed by atoms with Crippen molar-refractivity contribution in [2.24, 2.45) is 0 Å². The van der Waals surface area contributed by atoms with E-state index < -0.39 is 5.60 Å². The van der Waals surface area contributed by atoms with Crippen LogP contribution in [0.25, 0.3) is 0 Å². The lowest BCUT2D eigenvalue weighted by Gasteiger charge is -2.37. The average Bonchev–Trinajstić information content (AvgIpc) is 2.37. The van der Waals surface area contributed by atoms with Crippen LogP contribution in [-0.2, 0) is 0 Å². The van der Waals surface area contributed by atoms with Gasteiger partial charge in [0.2, 0.25) is 0 Å². The van der Waals surface area contributed by atoms with Gasteiger partial charge in [0, 0.05) is 12.5 Å². The number of rotatable bonds is 7. The molecule has 0 aromatic heterocycles. The first kappa shape index (κ1) is 16.2. The molecule has 0 spiro atoms. The maximum atomic E-state index is 11.0. The molecule has 2 heteroatoms. The summed E-state index contributed by atoms with van der Waals surface area (Å²) in [4.78, 5) is 2.17. The van der Waals surface area contributed by atoms with Crippen LogP contribution in [0.2, 0.25) is 0 Å². The van der Waals surface area contributed by atoms with Gasteiger partial charge < -0.3 is 10.0 Å². The molecule has 1 rings (SSSR count). The summed E-state index contributed by atoms with van der Waals surface area (Å²) < 4.78 is 0. The summed E-state index contributed by atoms with van der Waals surface area (Å²) >= 11 is 0. The van der Waals surface area contributed by atoms with Gasteiger partial charge in [-0.15, -0.1) is 0 Å². The van der Waals surface area contributed by atoms with Crippen LogP contribution in [0.5, 0.6) is 0 Å². The molecule has 0 radical (unpaired) electrons. The highest BCUT2D eigenvalue weighted by Gasteiger charge is 2.35. The van der Waals surface area contributed by atoms with Crippen molar-refractivity contribution in [3.8, 4) is 0 Å². The Morgan fingerprint density at radius 3 is 2.16 bits per heavy atom. The van der Waals surface area contributed by atoms with Crippen LogP contribution < -0.4 is 0 Å². The van der Waals surface area contributed by atoms with Crippen LogP contribution in [0.1, 0.15) is 50.2 Å². The van der Waals surface area contributed by atoms with Crippen molar-refractivity contribution < 1.29 is 5.11 Å². The highest BCUT2D eigenvalue weighted by Crippen LogP contribution is 2.35. The number of aryl methyl sites for hydroxylation is 1. The van der Waals surface area contributed by atoms with Gasteiger partial charge in [-0.2, -0.15) is 0 Å². The maximum absolute atomic E-state index is 11.0. The number of hydrogen-bond acceptors (Lipinski definition) is 2. The van der Waals surface area contributed by atoms with Crippen molar-refractivity contribution in [1.82, 2.24) is 4.90 Å². The van der Waals surface area contributed by atoms with Crippen molar-refractivity contribution in [3.63, 3.8) is 0 Å². The van der Waals surface area contributed by atoms with Crippen LogP contribution >= 0.6 is 0 Å². The molecule has 0 saturated carbocycles. The zero-order chi connectivity index (χ0) is 14.5. The van der Waals surface area contributed by atoms with E-state index in [0.717, 1.165) is 25.8 Å². The smallest absolute Gasteiger partial charge is 0.0725 e. The lowest BCUT2D eigenvalue weighted by atomic mass is 9.77. The molecule has 0 aliphatic carbocycles. The third-order valence-corrected chi connectivity index (χ3v) is 3.97. The van der Waals surface area contributed by atoms with E-state index in [4.69, 9.17) is 0 Å². The first-order valence-electron chi connectivity index (χ1n) is 7.36. The first-order chi connectivity index (χ1) is 8.92. The summed E-state index contributed by atoms with van der Waals surface area (Å²) in [6.45, 7) is 7.21. The normalized spacial score (nSPS) is 16.4. The number of likely N-dealkylation sites (N-methyl/N-ethyl adjacent to an activating group) is 1. The molecule has 0 aliphatic rings. The molecule has 0 bridgehead atoms. The topological polar surface area (TPSA) is 23.5 Å². The second-order valence-electron chi connectivity index (χ2n) is 5.93. The van der Waals surface area contributed by atoms with Crippen molar-refractivity contribution >= 4 is 0 Å². The summed E-state index contributed by atoms with van der Waals surface area (Å²) in [5.74, 6) is 0.174. The van der Waals surface area contributed by atoms with Gasteiger partial charge in [-0.1, -0.05) is 50.1 Å². The number of nitrogens with zero attached hydrogens (tertiary/aromatic N) is 1. The van der Waals surface area contributed by atoms with E-state index in [1.807, 2.05) is 0 Å². The molecule has 0 fully saturated rings. The fraction of sp³-hybridized carbons (Fsp3) is 0.647. The van der Waals surface area contributed by atoms with E-state index in [1.54, 1.807) is 0 Å². The van der Waals surface area contributed by atoms with Crippen molar-refractivity contribution in [3.05, 3.63) is 35.4 Å². The highest BCUT2D eigenvalue weighted by molar-refractivity contribution is 5.27. The molecular weight excluding hydrogens is 234 g/mol. The molecular formula is C17H29NO. The quantitative estimate of drug-likeness (QED) is 0.813. The molecule has 0 aliphatic heterocycles. The van der Waals surface area contributed by atoms with Crippen LogP contribution in [0.4, 0.5) is 0 Å². The van der Waals surface area contributed by atoms with Crippen LogP contribution in [0, 0.1) is 6.92 Å². The van der Waals surface area contributed by atoms with Gasteiger partial charge in [0.25, 0.3) is 0 Å². The minimum atomic E-state index is -0.603. The van der Waals surface area contributed by atoms with Crippen molar-refractivity contribution in [2.75, 3.05) is 20.6 Å². The average molecular weight is 263 g/mol. The van der Waals surface area contributed by atoms with E-state index in [9.17, 15) is 5.11 Å². The van der Waals surface area contributed by atoms with E-state index in [-0.39, 0.29) is 5.92 Å². The van der Waals surface area contributed by atoms with E-state index in [2.05, 4.69) is 64.0 Å². The summed E-state index contributed by atoms with van der Waals surface area (Å²) in [6, 6.07) is 8.61. The van der Waals surface area contributed by atoms with Gasteiger partial charge in [-0.25, -0.2) is 0 Å². The largest absolute Gasteiger partial charge is 0.389 e. The Kier molecular flexibility index (Phi) is 6.02. The first-order valence-corrected chi connectivity index (χ1v) is 7.36. The molecule has 19 heavy (non-hydrogen) atoms. The number of aliphatic hydroxyl groups is 1. The summed E-state index contributed by atoms with van der Waals surface area (Å²) in [6.07, 6.45) is 2.67. The summed E-state index contributed by atoms with van der Waals surface area (Å²) in [7, 11) is 4.15. The minimum Gasteiger partial charge on any atom is -0.389 e. The van der Waals surface area contributed by atoms with E-state index in [1.165, 1.54) is 11.1 Å². The third kappa shape index (κ3) is 4.32. The zero-order valence-corrected chi connectivity index (χ0v) is 13.1. The third-order valence-electron chi connectivity index (χ3n) is 3.97. The number of hydrogen-bond donors (Lipinski definition) is 1. The summed E-state index contributed by atoms with van der Waals surface area (Å²) in [5, 5.41) is 11.0. The Bertz CT molecular complexity index is 371. The van der Waals surface area contributed by atoms with E-state index >= 15 is 0 Å². The molecule has 2 atom stereocenters. The Hall–Kier alpha value is -0.860. The van der Waals surface area contributed by atoms with E-state index in [0.29, 0.717) is 0 Å². The maximum Gasteiger partial charge on any atom is 0.0725 e. The second-order valence-corrected chi connectivity index (χ2v) is 5.93. The molecule has 0 amide bonds. The molecule has 108 valence electrons. The Morgan fingerprint density at radius 2 is 1.74 bits per heavy atom. The molecule has 1 aromatic carbocycles. The Morgan fingerprint density at radius 1 is 1.16 bits per heavy atom. The van der Waals surface area contributed by atoms with Gasteiger partial charge in [-0.05, 0) is 39.4 Å². The lowest BCUT2D eigenvalue weighted by molar-refractivity contribution is -0.00809. The number of benzene rings is 1.